The highest BCUT2D eigenvalue weighted by Gasteiger charge is 2.24. The Kier molecular flexibility index (Phi) is 4.26. The van der Waals surface area contributed by atoms with Crippen molar-refractivity contribution < 1.29 is 4.79 Å². The van der Waals surface area contributed by atoms with Crippen LogP contribution in [0.15, 0.2) is 16.8 Å². The molecule has 0 radical (unpaired) electrons. The van der Waals surface area contributed by atoms with Gasteiger partial charge in [0.25, 0.3) is 0 Å². The van der Waals surface area contributed by atoms with Crippen molar-refractivity contribution in [2.24, 2.45) is 0 Å². The van der Waals surface area contributed by atoms with E-state index < -0.39 is 0 Å². The van der Waals surface area contributed by atoms with E-state index in [1.807, 2.05) is 19.4 Å². The maximum absolute atomic E-state index is 12.3. The minimum Gasteiger partial charge on any atom is -0.331 e. The van der Waals surface area contributed by atoms with Crippen LogP contribution in [-0.4, -0.2) is 23.0 Å². The number of nitrogens with zero attached hydrogens (tertiary/aromatic N) is 2. The van der Waals surface area contributed by atoms with Crippen LogP contribution in [-0.2, 0) is 13.0 Å². The van der Waals surface area contributed by atoms with Crippen molar-refractivity contribution in [3.05, 3.63) is 38.0 Å². The van der Waals surface area contributed by atoms with Crippen LogP contribution in [0.5, 0.6) is 0 Å². The summed E-state index contributed by atoms with van der Waals surface area (Å²) in [5.74, 6) is 0. The van der Waals surface area contributed by atoms with E-state index >= 15 is 0 Å². The van der Waals surface area contributed by atoms with Gasteiger partial charge in [0.15, 0.2) is 0 Å². The first kappa shape index (κ1) is 14.5. The summed E-state index contributed by atoms with van der Waals surface area (Å²) in [6, 6.07) is 2.29. The molecule has 1 aliphatic rings. The molecule has 1 unspecified atom stereocenters. The lowest BCUT2D eigenvalue weighted by molar-refractivity contribution is 0.201. The first-order valence-corrected chi connectivity index (χ1v) is 8.88. The summed E-state index contributed by atoms with van der Waals surface area (Å²) in [6.07, 6.45) is 3.32. The molecule has 112 valence electrons. The standard InChI is InChI=1S/C15H19N3OS2/c1-10-9-21-14(16-10)8-18(2)15(19)17-12-4-3-5-13-11(12)6-7-20-13/h6-7,9,12H,3-5,8H2,1-2H3,(H,17,19). The number of urea groups is 1. The highest BCUT2D eigenvalue weighted by molar-refractivity contribution is 7.10. The monoisotopic (exact) mass is 321 g/mol. The van der Waals surface area contributed by atoms with Crippen molar-refractivity contribution in [3.63, 3.8) is 0 Å². The Bertz CT molecular complexity index is 634. The second kappa shape index (κ2) is 6.15. The first-order valence-electron chi connectivity index (χ1n) is 7.12. The molecule has 21 heavy (non-hydrogen) atoms. The van der Waals surface area contributed by atoms with Gasteiger partial charge in [-0.05, 0) is 43.2 Å². The van der Waals surface area contributed by atoms with Crippen LogP contribution in [0.1, 0.15) is 40.0 Å². The van der Waals surface area contributed by atoms with E-state index in [0.717, 1.165) is 30.0 Å². The second-order valence-electron chi connectivity index (χ2n) is 5.43. The number of rotatable bonds is 3. The van der Waals surface area contributed by atoms with Crippen molar-refractivity contribution in [1.29, 1.82) is 0 Å². The van der Waals surface area contributed by atoms with E-state index in [4.69, 9.17) is 0 Å². The first-order chi connectivity index (χ1) is 10.1. The Morgan fingerprint density at radius 2 is 2.38 bits per heavy atom. The van der Waals surface area contributed by atoms with E-state index in [2.05, 4.69) is 21.7 Å². The third-order valence-electron chi connectivity index (χ3n) is 3.74. The van der Waals surface area contributed by atoms with Gasteiger partial charge >= 0.3 is 6.03 Å². The van der Waals surface area contributed by atoms with Crippen molar-refractivity contribution in [1.82, 2.24) is 15.2 Å². The van der Waals surface area contributed by atoms with E-state index in [0.29, 0.717) is 6.54 Å². The molecule has 6 heteroatoms. The zero-order chi connectivity index (χ0) is 14.8. The molecular weight excluding hydrogens is 302 g/mol. The number of thiazole rings is 1. The predicted molar refractivity (Wildman–Crippen MR) is 86.8 cm³/mol. The van der Waals surface area contributed by atoms with E-state index in [9.17, 15) is 4.79 Å². The van der Waals surface area contributed by atoms with Gasteiger partial charge < -0.3 is 10.2 Å². The SMILES string of the molecule is Cc1csc(CN(C)C(=O)NC2CCCc3sccc32)n1. The van der Waals surface area contributed by atoms with Crippen LogP contribution in [0.2, 0.25) is 0 Å². The number of fused-ring (bicyclic) bond motifs is 1. The molecule has 0 saturated heterocycles. The summed E-state index contributed by atoms with van der Waals surface area (Å²) in [5.41, 5.74) is 2.32. The summed E-state index contributed by atoms with van der Waals surface area (Å²) in [7, 11) is 1.82. The molecule has 4 nitrogen and oxygen atoms in total. The molecule has 0 saturated carbocycles. The number of amides is 2. The fourth-order valence-corrected chi connectivity index (χ4v) is 4.46. The van der Waals surface area contributed by atoms with Crippen LogP contribution in [0, 0.1) is 6.92 Å². The lowest BCUT2D eigenvalue weighted by atomic mass is 9.94. The minimum absolute atomic E-state index is 0.0214. The lowest BCUT2D eigenvalue weighted by Gasteiger charge is -2.26. The number of hydrogen-bond donors (Lipinski definition) is 1. The zero-order valence-corrected chi connectivity index (χ0v) is 13.9. The number of aryl methyl sites for hydroxylation is 2. The average molecular weight is 321 g/mol. The maximum Gasteiger partial charge on any atom is 0.318 e. The van der Waals surface area contributed by atoms with E-state index in [1.54, 1.807) is 27.6 Å². The van der Waals surface area contributed by atoms with Crippen molar-refractivity contribution in [2.75, 3.05) is 7.05 Å². The highest BCUT2D eigenvalue weighted by Crippen LogP contribution is 2.33. The van der Waals surface area contributed by atoms with Crippen LogP contribution < -0.4 is 5.32 Å². The van der Waals surface area contributed by atoms with Gasteiger partial charge in [0.05, 0.1) is 12.6 Å². The Hall–Kier alpha value is -1.40. The van der Waals surface area contributed by atoms with Gasteiger partial charge in [-0.25, -0.2) is 9.78 Å². The number of aromatic nitrogens is 1. The normalized spacial score (nSPS) is 17.3. The second-order valence-corrected chi connectivity index (χ2v) is 7.38. The molecule has 0 aliphatic heterocycles. The van der Waals surface area contributed by atoms with Gasteiger partial charge in [0, 0.05) is 23.0 Å². The summed E-state index contributed by atoms with van der Waals surface area (Å²) < 4.78 is 0. The summed E-state index contributed by atoms with van der Waals surface area (Å²) in [5, 5.41) is 8.27. The third kappa shape index (κ3) is 3.27. The predicted octanol–water partition coefficient (Wildman–Crippen LogP) is 3.73. The third-order valence-corrected chi connectivity index (χ3v) is 5.68. The molecule has 2 aromatic rings. The molecule has 3 rings (SSSR count). The van der Waals surface area contributed by atoms with Gasteiger partial charge in [-0.1, -0.05) is 0 Å². The van der Waals surface area contributed by atoms with Crippen molar-refractivity contribution in [2.45, 2.75) is 38.8 Å². The van der Waals surface area contributed by atoms with E-state index in [1.165, 1.54) is 10.4 Å². The Morgan fingerprint density at radius 3 is 3.14 bits per heavy atom. The molecule has 0 fully saturated rings. The Balaban J connectivity index is 1.62. The van der Waals surface area contributed by atoms with Gasteiger partial charge in [0.1, 0.15) is 5.01 Å². The average Bonchev–Trinajstić information content (AvgIpc) is 3.08. The molecule has 0 aromatic carbocycles. The largest absolute Gasteiger partial charge is 0.331 e. The highest BCUT2D eigenvalue weighted by atomic mass is 32.1. The maximum atomic E-state index is 12.3. The van der Waals surface area contributed by atoms with Crippen LogP contribution >= 0.6 is 22.7 Å². The van der Waals surface area contributed by atoms with Gasteiger partial charge in [0.2, 0.25) is 0 Å². The molecule has 1 aliphatic carbocycles. The van der Waals surface area contributed by atoms with Gasteiger partial charge in [-0.2, -0.15) is 0 Å². The molecule has 2 amide bonds. The smallest absolute Gasteiger partial charge is 0.318 e. The fraction of sp³-hybridized carbons (Fsp3) is 0.467. The number of carbonyl (C=O) groups is 1. The van der Waals surface area contributed by atoms with Crippen LogP contribution in [0.25, 0.3) is 0 Å². The Morgan fingerprint density at radius 1 is 1.52 bits per heavy atom. The minimum atomic E-state index is -0.0214. The van der Waals surface area contributed by atoms with Crippen molar-refractivity contribution in [3.8, 4) is 0 Å². The van der Waals surface area contributed by atoms with Crippen molar-refractivity contribution >= 4 is 28.7 Å². The zero-order valence-electron chi connectivity index (χ0n) is 12.3. The molecule has 2 heterocycles. The Labute approximate surface area is 132 Å². The summed E-state index contributed by atoms with van der Waals surface area (Å²) >= 11 is 3.40. The van der Waals surface area contributed by atoms with Crippen LogP contribution in [0.4, 0.5) is 4.79 Å². The molecule has 0 spiro atoms. The van der Waals surface area contributed by atoms with E-state index in [-0.39, 0.29) is 12.1 Å². The molecule has 2 aromatic heterocycles. The van der Waals surface area contributed by atoms with Crippen LogP contribution in [0.3, 0.4) is 0 Å². The van der Waals surface area contributed by atoms with Gasteiger partial charge in [-0.3, -0.25) is 0 Å². The topological polar surface area (TPSA) is 45.2 Å². The number of hydrogen-bond acceptors (Lipinski definition) is 4. The quantitative estimate of drug-likeness (QED) is 0.936. The number of thiophene rings is 1. The molecular formula is C15H19N3OS2. The lowest BCUT2D eigenvalue weighted by Crippen LogP contribution is -2.39. The number of nitrogens with one attached hydrogen (secondary N) is 1. The fourth-order valence-electron chi connectivity index (χ4n) is 2.65. The number of carbonyl (C=O) groups excluding carboxylic acids is 1. The summed E-state index contributed by atoms with van der Waals surface area (Å²) in [4.78, 5) is 19.9. The molecule has 0 bridgehead atoms. The summed E-state index contributed by atoms with van der Waals surface area (Å²) in [6.45, 7) is 2.54. The van der Waals surface area contributed by atoms with Gasteiger partial charge in [-0.15, -0.1) is 22.7 Å². The molecule has 1 N–H and O–H groups in total. The molecule has 1 atom stereocenters.